The molecule has 2 rings (SSSR count). The van der Waals surface area contributed by atoms with Crippen molar-refractivity contribution >= 4 is 17.9 Å². The second-order valence-corrected chi connectivity index (χ2v) is 11.2. The maximum atomic E-state index is 14.4. The normalized spacial score (nSPS) is 12.8. The predicted molar refractivity (Wildman–Crippen MR) is 156 cm³/mol. The average molecular weight is 538 g/mol. The maximum absolute atomic E-state index is 14.4. The van der Waals surface area contributed by atoms with E-state index in [1.54, 1.807) is 25.7 Å². The fourth-order valence-corrected chi connectivity index (χ4v) is 4.46. The van der Waals surface area contributed by atoms with Gasteiger partial charge in [0.25, 0.3) is 0 Å². The number of alkyl carbamates (subject to hydrolysis) is 1. The monoisotopic (exact) mass is 537 g/mol. The van der Waals surface area contributed by atoms with Crippen LogP contribution in [-0.2, 0) is 20.7 Å². The minimum atomic E-state index is -0.907. The highest BCUT2D eigenvalue weighted by molar-refractivity contribution is 5.92. The van der Waals surface area contributed by atoms with Crippen molar-refractivity contribution in [3.05, 3.63) is 70.8 Å². The molecule has 0 fully saturated rings. The zero-order chi connectivity index (χ0) is 29.0. The molecular formula is C32H47N3O4. The lowest BCUT2D eigenvalue weighted by atomic mass is 9.95. The molecule has 0 aliphatic rings. The van der Waals surface area contributed by atoms with Gasteiger partial charge in [-0.3, -0.25) is 9.59 Å². The Morgan fingerprint density at radius 2 is 1.62 bits per heavy atom. The minimum Gasteiger partial charge on any atom is -0.444 e. The topological polar surface area (TPSA) is 87.7 Å². The number of carbonyl (C=O) groups excluding carboxylic acids is 3. The quantitative estimate of drug-likeness (QED) is 0.306. The van der Waals surface area contributed by atoms with E-state index in [0.717, 1.165) is 47.9 Å². The molecular weight excluding hydrogens is 490 g/mol. The highest BCUT2D eigenvalue weighted by Gasteiger charge is 2.36. The summed E-state index contributed by atoms with van der Waals surface area (Å²) in [6.45, 7) is 14.4. The van der Waals surface area contributed by atoms with Gasteiger partial charge in [0, 0.05) is 19.5 Å². The van der Waals surface area contributed by atoms with E-state index in [2.05, 4.69) is 24.5 Å². The molecule has 39 heavy (non-hydrogen) atoms. The summed E-state index contributed by atoms with van der Waals surface area (Å²) in [5, 5.41) is 5.87. The Balaban J connectivity index is 2.55. The fraction of sp³-hybridized carbons (Fsp3) is 0.531. The number of carbonyl (C=O) groups is 3. The third-order valence-electron chi connectivity index (χ3n) is 6.42. The summed E-state index contributed by atoms with van der Waals surface area (Å²) in [5.74, 6) is -0.524. The third-order valence-corrected chi connectivity index (χ3v) is 6.42. The second kappa shape index (κ2) is 15.3. The number of benzene rings is 2. The lowest BCUT2D eigenvalue weighted by Crippen LogP contribution is -2.54. The van der Waals surface area contributed by atoms with Crippen molar-refractivity contribution in [1.82, 2.24) is 15.5 Å². The van der Waals surface area contributed by atoms with E-state index < -0.39 is 23.8 Å². The molecule has 2 N–H and O–H groups in total. The van der Waals surface area contributed by atoms with E-state index in [4.69, 9.17) is 4.74 Å². The Morgan fingerprint density at radius 3 is 2.21 bits per heavy atom. The number of nitrogens with one attached hydrogen (secondary N) is 2. The van der Waals surface area contributed by atoms with Crippen LogP contribution in [0, 0.1) is 13.8 Å². The van der Waals surface area contributed by atoms with Crippen molar-refractivity contribution < 1.29 is 19.1 Å². The lowest BCUT2D eigenvalue weighted by molar-refractivity contribution is -0.142. The summed E-state index contributed by atoms with van der Waals surface area (Å²) in [6, 6.07) is 13.8. The third kappa shape index (κ3) is 10.4. The van der Waals surface area contributed by atoms with E-state index in [-0.39, 0.29) is 18.2 Å². The van der Waals surface area contributed by atoms with E-state index >= 15 is 0 Å². The van der Waals surface area contributed by atoms with Gasteiger partial charge < -0.3 is 20.3 Å². The summed E-state index contributed by atoms with van der Waals surface area (Å²) in [6.07, 6.45) is 2.99. The first kappa shape index (κ1) is 31.9. The van der Waals surface area contributed by atoms with Crippen LogP contribution in [-0.4, -0.2) is 47.5 Å². The van der Waals surface area contributed by atoms with Crippen molar-refractivity contribution in [3.8, 4) is 0 Å². The molecule has 0 saturated carbocycles. The second-order valence-electron chi connectivity index (χ2n) is 11.2. The minimum absolute atomic E-state index is 0.212. The molecule has 7 nitrogen and oxygen atoms in total. The van der Waals surface area contributed by atoms with Gasteiger partial charge >= 0.3 is 6.09 Å². The van der Waals surface area contributed by atoms with Crippen molar-refractivity contribution in [3.63, 3.8) is 0 Å². The number of hydrogen-bond acceptors (Lipinski definition) is 4. The van der Waals surface area contributed by atoms with Crippen molar-refractivity contribution in [2.75, 3.05) is 13.1 Å². The first-order valence-electron chi connectivity index (χ1n) is 14.2. The maximum Gasteiger partial charge on any atom is 0.408 e. The van der Waals surface area contributed by atoms with Gasteiger partial charge in [0.2, 0.25) is 11.8 Å². The van der Waals surface area contributed by atoms with Crippen LogP contribution in [0.4, 0.5) is 4.79 Å². The summed E-state index contributed by atoms with van der Waals surface area (Å²) < 4.78 is 5.51. The van der Waals surface area contributed by atoms with Gasteiger partial charge in [-0.1, -0.05) is 80.8 Å². The van der Waals surface area contributed by atoms with Gasteiger partial charge in [-0.2, -0.15) is 0 Å². The molecule has 0 aliphatic heterocycles. The van der Waals surface area contributed by atoms with Crippen LogP contribution < -0.4 is 10.6 Å². The number of nitrogens with zero attached hydrogens (tertiary/aromatic N) is 1. The van der Waals surface area contributed by atoms with Crippen molar-refractivity contribution in [2.24, 2.45) is 0 Å². The molecule has 3 amide bonds. The Bertz CT molecular complexity index is 1080. The molecule has 0 bridgehead atoms. The van der Waals surface area contributed by atoms with E-state index in [0.29, 0.717) is 13.1 Å². The van der Waals surface area contributed by atoms with Gasteiger partial charge in [0.1, 0.15) is 17.7 Å². The molecule has 2 aromatic rings. The molecule has 0 spiro atoms. The summed E-state index contributed by atoms with van der Waals surface area (Å²) >= 11 is 0. The molecule has 0 radical (unpaired) electrons. The number of rotatable bonds is 13. The van der Waals surface area contributed by atoms with Gasteiger partial charge in [0.05, 0.1) is 0 Å². The van der Waals surface area contributed by atoms with Crippen LogP contribution in [0.5, 0.6) is 0 Å². The van der Waals surface area contributed by atoms with Crippen LogP contribution >= 0.6 is 0 Å². The fourth-order valence-electron chi connectivity index (χ4n) is 4.46. The summed E-state index contributed by atoms with van der Waals surface area (Å²) in [5.41, 5.74) is 3.00. The number of ether oxygens (including phenoxy) is 1. The van der Waals surface area contributed by atoms with E-state index in [1.807, 2.05) is 62.4 Å². The van der Waals surface area contributed by atoms with Gasteiger partial charge in [-0.25, -0.2) is 4.79 Å². The van der Waals surface area contributed by atoms with Crippen molar-refractivity contribution in [2.45, 2.75) is 98.3 Å². The first-order chi connectivity index (χ1) is 18.5. The molecule has 214 valence electrons. The number of hydrogen-bond donors (Lipinski definition) is 2. The number of aryl methyl sites for hydroxylation is 2. The Kier molecular flexibility index (Phi) is 12.5. The van der Waals surface area contributed by atoms with E-state index in [1.165, 1.54) is 0 Å². The summed E-state index contributed by atoms with van der Waals surface area (Å²) in [4.78, 5) is 42.6. The predicted octanol–water partition coefficient (Wildman–Crippen LogP) is 6.03. The number of amides is 3. The molecule has 0 aromatic heterocycles. The van der Waals surface area contributed by atoms with Crippen LogP contribution in [0.15, 0.2) is 48.5 Å². The zero-order valence-electron chi connectivity index (χ0n) is 24.8. The summed E-state index contributed by atoms with van der Waals surface area (Å²) in [7, 11) is 0. The average Bonchev–Trinajstić information content (AvgIpc) is 2.86. The molecule has 0 heterocycles. The lowest BCUT2D eigenvalue weighted by Gasteiger charge is -2.35. The Morgan fingerprint density at radius 1 is 0.949 bits per heavy atom. The van der Waals surface area contributed by atoms with E-state index in [9.17, 15) is 14.4 Å². The molecule has 2 aromatic carbocycles. The largest absolute Gasteiger partial charge is 0.444 e. The number of unbranched alkanes of at least 4 members (excludes halogenated alkanes) is 2. The molecule has 2 atom stereocenters. The van der Waals surface area contributed by atoms with Crippen LogP contribution in [0.25, 0.3) is 0 Å². The SMILES string of the molecule is CCCCNC(=O)C(c1ccc(C)cc1C)N(CCCC)C(=O)C(Cc1ccccc1)NC(=O)OC(C)(C)C. The van der Waals surface area contributed by atoms with Gasteiger partial charge in [-0.05, 0) is 64.2 Å². The molecule has 0 aliphatic carbocycles. The Hall–Kier alpha value is -3.35. The molecule has 7 heteroatoms. The van der Waals surface area contributed by atoms with Crippen LogP contribution in [0.2, 0.25) is 0 Å². The molecule has 2 unspecified atom stereocenters. The zero-order valence-corrected chi connectivity index (χ0v) is 24.8. The molecule has 0 saturated heterocycles. The van der Waals surface area contributed by atoms with Crippen LogP contribution in [0.1, 0.15) is 88.6 Å². The highest BCUT2D eigenvalue weighted by Crippen LogP contribution is 2.27. The highest BCUT2D eigenvalue weighted by atomic mass is 16.6. The standard InChI is InChI=1S/C32H47N3O4/c1-8-10-19-33-29(36)28(26-18-17-23(3)21-24(26)4)35(20-11-9-2)30(37)27(22-25-15-13-12-14-16-25)34-31(38)39-32(5,6)7/h12-18,21,27-28H,8-11,19-20,22H2,1-7H3,(H,33,36)(H,34,38). The van der Waals surface area contributed by atoms with Crippen molar-refractivity contribution in [1.29, 1.82) is 0 Å². The van der Waals surface area contributed by atoms with Gasteiger partial charge in [-0.15, -0.1) is 0 Å². The van der Waals surface area contributed by atoms with Crippen LogP contribution in [0.3, 0.4) is 0 Å². The Labute approximate surface area is 234 Å². The smallest absolute Gasteiger partial charge is 0.408 e. The van der Waals surface area contributed by atoms with Gasteiger partial charge in [0.15, 0.2) is 0 Å². The first-order valence-corrected chi connectivity index (χ1v) is 14.2.